The Morgan fingerprint density at radius 1 is 1.04 bits per heavy atom. The van der Waals surface area contributed by atoms with Crippen molar-refractivity contribution in [1.29, 1.82) is 0 Å². The lowest BCUT2D eigenvalue weighted by atomic mass is 10.1. The Kier molecular flexibility index (Phi) is 13.3. The van der Waals surface area contributed by atoms with Crippen molar-refractivity contribution in [1.82, 2.24) is 0 Å². The minimum atomic E-state index is -1.01. The highest BCUT2D eigenvalue weighted by molar-refractivity contribution is 4.89. The van der Waals surface area contributed by atoms with Crippen molar-refractivity contribution < 1.29 is 24.8 Å². The Morgan fingerprint density at radius 3 is 2.36 bits per heavy atom. The second-order valence-corrected chi connectivity index (χ2v) is 6.97. The first-order valence-electron chi connectivity index (χ1n) is 10.1. The van der Waals surface area contributed by atoms with Crippen LogP contribution < -0.4 is 0 Å². The van der Waals surface area contributed by atoms with Gasteiger partial charge in [-0.25, -0.2) is 0 Å². The van der Waals surface area contributed by atoms with Crippen LogP contribution in [0.5, 0.6) is 0 Å². The van der Waals surface area contributed by atoms with Gasteiger partial charge >= 0.3 is 0 Å². The molecule has 1 saturated heterocycles. The molecule has 1 heterocycles. The lowest BCUT2D eigenvalue weighted by Crippen LogP contribution is -2.42. The van der Waals surface area contributed by atoms with Crippen LogP contribution in [0.4, 0.5) is 0 Å². The first-order chi connectivity index (χ1) is 12.2. The third-order valence-corrected chi connectivity index (χ3v) is 4.70. The van der Waals surface area contributed by atoms with Crippen molar-refractivity contribution in [2.24, 2.45) is 0 Å². The summed E-state index contributed by atoms with van der Waals surface area (Å²) in [5.74, 6) is 0. The van der Waals surface area contributed by atoms with Crippen molar-refractivity contribution in [3.05, 3.63) is 12.2 Å². The minimum absolute atomic E-state index is 0.144. The molecule has 0 amide bonds. The largest absolute Gasteiger partial charge is 0.394 e. The van der Waals surface area contributed by atoms with Crippen LogP contribution in [-0.2, 0) is 9.47 Å². The summed E-state index contributed by atoms with van der Waals surface area (Å²) in [7, 11) is 0. The zero-order valence-corrected chi connectivity index (χ0v) is 15.8. The van der Waals surface area contributed by atoms with Crippen LogP contribution in [0.3, 0.4) is 0 Å². The molecule has 1 aliphatic rings. The molecule has 0 radical (unpaired) electrons. The van der Waals surface area contributed by atoms with Gasteiger partial charge in [0, 0.05) is 6.61 Å². The predicted octanol–water partition coefficient (Wildman–Crippen LogP) is 2.96. The standard InChI is InChI=1S/C20H38O5/c1-2-3-4-5-6-7-8-9-10-11-12-13-14-24-20-18(23)16-25-19(20)17(22)15-21/h10-11,17-23H,2-9,12-16H2,1H3/b11-10+/t17-,18+,19-,20-/m1/s1. The molecule has 0 aromatic heterocycles. The monoisotopic (exact) mass is 358 g/mol. The van der Waals surface area contributed by atoms with E-state index in [0.29, 0.717) is 6.61 Å². The third-order valence-electron chi connectivity index (χ3n) is 4.70. The molecule has 3 N–H and O–H groups in total. The number of unbranched alkanes of at least 4 members (excludes halogenated alkanes) is 8. The molecule has 5 nitrogen and oxygen atoms in total. The highest BCUT2D eigenvalue weighted by Crippen LogP contribution is 2.21. The molecule has 1 aliphatic heterocycles. The zero-order valence-electron chi connectivity index (χ0n) is 15.8. The number of ether oxygens (including phenoxy) is 2. The summed E-state index contributed by atoms with van der Waals surface area (Å²) in [5.41, 5.74) is 0. The van der Waals surface area contributed by atoms with Crippen LogP contribution in [0.2, 0.25) is 0 Å². The van der Waals surface area contributed by atoms with E-state index in [1.807, 2.05) is 0 Å². The molecule has 0 aromatic carbocycles. The van der Waals surface area contributed by atoms with Gasteiger partial charge in [0.15, 0.2) is 0 Å². The van der Waals surface area contributed by atoms with Gasteiger partial charge in [-0.3, -0.25) is 0 Å². The van der Waals surface area contributed by atoms with E-state index < -0.39 is 31.0 Å². The van der Waals surface area contributed by atoms with E-state index in [2.05, 4.69) is 19.1 Å². The molecular formula is C20H38O5. The number of hydrogen-bond donors (Lipinski definition) is 3. The third kappa shape index (κ3) is 9.71. The number of allylic oxidation sites excluding steroid dienone is 2. The molecule has 0 aromatic rings. The molecule has 0 unspecified atom stereocenters. The molecule has 5 heteroatoms. The number of rotatable bonds is 15. The van der Waals surface area contributed by atoms with Crippen LogP contribution in [0.1, 0.15) is 71.1 Å². The van der Waals surface area contributed by atoms with E-state index >= 15 is 0 Å². The van der Waals surface area contributed by atoms with Gasteiger partial charge in [-0.05, 0) is 25.7 Å². The van der Waals surface area contributed by atoms with E-state index in [4.69, 9.17) is 14.6 Å². The number of hydrogen-bond acceptors (Lipinski definition) is 5. The van der Waals surface area contributed by atoms with E-state index in [1.54, 1.807) is 0 Å². The highest BCUT2D eigenvalue weighted by atomic mass is 16.6. The van der Waals surface area contributed by atoms with Crippen LogP contribution in [-0.4, -0.2) is 59.6 Å². The maximum absolute atomic E-state index is 9.84. The summed E-state index contributed by atoms with van der Waals surface area (Å²) in [5, 5.41) is 28.5. The van der Waals surface area contributed by atoms with Gasteiger partial charge in [0.05, 0.1) is 13.2 Å². The first kappa shape index (κ1) is 22.6. The fourth-order valence-electron chi connectivity index (χ4n) is 3.13. The average Bonchev–Trinajstić information content (AvgIpc) is 2.99. The Bertz CT molecular complexity index is 334. The molecule has 25 heavy (non-hydrogen) atoms. The second-order valence-electron chi connectivity index (χ2n) is 6.97. The topological polar surface area (TPSA) is 79.2 Å². The Morgan fingerprint density at radius 2 is 1.68 bits per heavy atom. The van der Waals surface area contributed by atoms with E-state index in [-0.39, 0.29) is 6.61 Å². The van der Waals surface area contributed by atoms with Crippen molar-refractivity contribution >= 4 is 0 Å². The predicted molar refractivity (Wildman–Crippen MR) is 99.6 cm³/mol. The summed E-state index contributed by atoms with van der Waals surface area (Å²) < 4.78 is 11.0. The summed E-state index contributed by atoms with van der Waals surface area (Å²) in [6.45, 7) is 2.52. The van der Waals surface area contributed by atoms with Gasteiger partial charge in [0.1, 0.15) is 24.4 Å². The summed E-state index contributed by atoms with van der Waals surface area (Å²) in [4.78, 5) is 0. The molecule has 0 bridgehead atoms. The van der Waals surface area contributed by atoms with E-state index in [1.165, 1.54) is 44.9 Å². The van der Waals surface area contributed by atoms with Crippen LogP contribution in [0.25, 0.3) is 0 Å². The van der Waals surface area contributed by atoms with Gasteiger partial charge in [-0.1, -0.05) is 57.6 Å². The summed E-state index contributed by atoms with van der Waals surface area (Å²) in [6.07, 6.45) is 13.8. The maximum Gasteiger partial charge on any atom is 0.114 e. The zero-order chi connectivity index (χ0) is 18.3. The Hall–Kier alpha value is -0.460. The minimum Gasteiger partial charge on any atom is -0.394 e. The second kappa shape index (κ2) is 14.7. The molecular weight excluding hydrogens is 320 g/mol. The summed E-state index contributed by atoms with van der Waals surface area (Å²) in [6, 6.07) is 0. The molecule has 0 spiro atoms. The summed E-state index contributed by atoms with van der Waals surface area (Å²) >= 11 is 0. The lowest BCUT2D eigenvalue weighted by Gasteiger charge is -2.23. The Balaban J connectivity index is 1.98. The first-order valence-corrected chi connectivity index (χ1v) is 10.1. The van der Waals surface area contributed by atoms with Crippen LogP contribution >= 0.6 is 0 Å². The van der Waals surface area contributed by atoms with Gasteiger partial charge in [-0.15, -0.1) is 0 Å². The Labute approximate surface area is 153 Å². The lowest BCUT2D eigenvalue weighted by molar-refractivity contribution is -0.0935. The average molecular weight is 359 g/mol. The fraction of sp³-hybridized carbons (Fsp3) is 0.900. The molecule has 148 valence electrons. The molecule has 4 atom stereocenters. The number of aliphatic hydroxyl groups is 3. The molecule has 0 aliphatic carbocycles. The van der Waals surface area contributed by atoms with Gasteiger partial charge in [-0.2, -0.15) is 0 Å². The molecule has 1 fully saturated rings. The number of aliphatic hydroxyl groups excluding tert-OH is 3. The van der Waals surface area contributed by atoms with Gasteiger partial charge < -0.3 is 24.8 Å². The van der Waals surface area contributed by atoms with Crippen LogP contribution in [0, 0.1) is 0 Å². The van der Waals surface area contributed by atoms with Gasteiger partial charge in [0.25, 0.3) is 0 Å². The quantitative estimate of drug-likeness (QED) is 0.310. The normalized spacial score (nSPS) is 25.0. The highest BCUT2D eigenvalue weighted by Gasteiger charge is 2.40. The van der Waals surface area contributed by atoms with E-state index in [0.717, 1.165) is 19.3 Å². The van der Waals surface area contributed by atoms with Crippen molar-refractivity contribution in [2.75, 3.05) is 19.8 Å². The van der Waals surface area contributed by atoms with Crippen molar-refractivity contribution in [3.63, 3.8) is 0 Å². The smallest absolute Gasteiger partial charge is 0.114 e. The SMILES string of the molecule is CCCCCCCCC/C=C/CCCO[C@H]1[C@@H]([C@H](O)CO)OC[C@@H]1O. The van der Waals surface area contributed by atoms with Crippen molar-refractivity contribution in [3.8, 4) is 0 Å². The molecule has 1 rings (SSSR count). The maximum atomic E-state index is 9.84. The van der Waals surface area contributed by atoms with Crippen LogP contribution in [0.15, 0.2) is 12.2 Å². The fourth-order valence-corrected chi connectivity index (χ4v) is 3.13. The van der Waals surface area contributed by atoms with Gasteiger partial charge in [0.2, 0.25) is 0 Å². The van der Waals surface area contributed by atoms with E-state index in [9.17, 15) is 10.2 Å². The van der Waals surface area contributed by atoms with Crippen molar-refractivity contribution in [2.45, 2.75) is 95.5 Å². The molecule has 0 saturated carbocycles.